The fraction of sp³-hybridized carbons (Fsp3) is 0.545. The number of aromatic nitrogens is 3. The van der Waals surface area contributed by atoms with E-state index in [1.54, 1.807) is 28.5 Å². The molecule has 0 spiro atoms. The molecule has 7 nitrogen and oxygen atoms in total. The van der Waals surface area contributed by atoms with Crippen molar-refractivity contribution in [2.75, 3.05) is 18.8 Å². The normalized spacial score (nSPS) is 24.4. The SMILES string of the molecule is CCCc1cc(=O)n2c(n1)SCC2CC(=O)N1CC2CC(C1)c1cccc(=O)n1C2. The molecule has 1 saturated heterocycles. The summed E-state index contributed by atoms with van der Waals surface area (Å²) < 4.78 is 3.59. The Labute approximate surface area is 179 Å². The first-order valence-electron chi connectivity index (χ1n) is 10.8. The lowest BCUT2D eigenvalue weighted by molar-refractivity contribution is -0.134. The maximum absolute atomic E-state index is 13.2. The van der Waals surface area contributed by atoms with Crippen molar-refractivity contribution in [3.05, 3.63) is 56.4 Å². The van der Waals surface area contributed by atoms with E-state index < -0.39 is 0 Å². The second-order valence-electron chi connectivity index (χ2n) is 8.65. The lowest BCUT2D eigenvalue weighted by atomic mass is 9.83. The summed E-state index contributed by atoms with van der Waals surface area (Å²) in [7, 11) is 0. The van der Waals surface area contributed by atoms with E-state index in [0.717, 1.165) is 35.8 Å². The summed E-state index contributed by atoms with van der Waals surface area (Å²) in [6.45, 7) is 4.09. The average molecular weight is 427 g/mol. The molecule has 5 rings (SSSR count). The molecule has 2 bridgehead atoms. The largest absolute Gasteiger partial charge is 0.342 e. The fourth-order valence-corrected chi connectivity index (χ4v) is 6.33. The molecule has 8 heteroatoms. The summed E-state index contributed by atoms with van der Waals surface area (Å²) in [5.41, 5.74) is 1.89. The molecule has 158 valence electrons. The molecule has 1 fully saturated rings. The van der Waals surface area contributed by atoms with Crippen LogP contribution in [0.25, 0.3) is 0 Å². The van der Waals surface area contributed by atoms with Crippen LogP contribution in [0.1, 0.15) is 49.5 Å². The molecule has 5 heterocycles. The van der Waals surface area contributed by atoms with E-state index in [1.165, 1.54) is 0 Å². The highest BCUT2D eigenvalue weighted by Crippen LogP contribution is 2.37. The van der Waals surface area contributed by atoms with Crippen molar-refractivity contribution in [3.8, 4) is 0 Å². The Morgan fingerprint density at radius 2 is 2.07 bits per heavy atom. The number of rotatable bonds is 4. The van der Waals surface area contributed by atoms with Crippen LogP contribution in [0.3, 0.4) is 0 Å². The predicted molar refractivity (Wildman–Crippen MR) is 115 cm³/mol. The lowest BCUT2D eigenvalue weighted by Crippen LogP contribution is -2.49. The Balaban J connectivity index is 1.32. The number of nitrogens with zero attached hydrogens (tertiary/aromatic N) is 4. The van der Waals surface area contributed by atoms with Crippen LogP contribution >= 0.6 is 11.8 Å². The van der Waals surface area contributed by atoms with Crippen LogP contribution in [0.4, 0.5) is 0 Å². The third-order valence-corrected chi connectivity index (χ3v) is 7.59. The second kappa shape index (κ2) is 7.72. The van der Waals surface area contributed by atoms with Crippen LogP contribution in [0.5, 0.6) is 0 Å². The molecule has 1 amide bonds. The molecule has 2 aromatic rings. The van der Waals surface area contributed by atoms with Gasteiger partial charge in [-0.1, -0.05) is 31.2 Å². The van der Waals surface area contributed by atoms with Crippen LogP contribution in [0.2, 0.25) is 0 Å². The number of fused-ring (bicyclic) bond motifs is 5. The lowest BCUT2D eigenvalue weighted by Gasteiger charge is -2.43. The van der Waals surface area contributed by atoms with Crippen LogP contribution in [-0.2, 0) is 17.8 Å². The smallest absolute Gasteiger partial charge is 0.254 e. The number of aryl methyl sites for hydroxylation is 1. The third kappa shape index (κ3) is 3.41. The number of likely N-dealkylation sites (tertiary alicyclic amines) is 1. The number of thioether (sulfide) groups is 1. The third-order valence-electron chi connectivity index (χ3n) is 6.49. The summed E-state index contributed by atoms with van der Waals surface area (Å²) in [6.07, 6.45) is 3.11. The highest BCUT2D eigenvalue weighted by atomic mass is 32.2. The molecule has 0 N–H and O–H groups in total. The fourth-order valence-electron chi connectivity index (χ4n) is 5.16. The van der Waals surface area contributed by atoms with Gasteiger partial charge in [0.25, 0.3) is 11.1 Å². The van der Waals surface area contributed by atoms with Crippen LogP contribution < -0.4 is 11.1 Å². The Hall–Kier alpha value is -2.35. The van der Waals surface area contributed by atoms with Crippen molar-refractivity contribution in [3.63, 3.8) is 0 Å². The first-order chi connectivity index (χ1) is 14.5. The molecule has 0 aliphatic carbocycles. The summed E-state index contributed by atoms with van der Waals surface area (Å²) in [5, 5.41) is 0.743. The first-order valence-corrected chi connectivity index (χ1v) is 11.7. The number of amides is 1. The van der Waals surface area contributed by atoms with Gasteiger partial charge in [0.1, 0.15) is 0 Å². The van der Waals surface area contributed by atoms with Crippen LogP contribution in [0, 0.1) is 5.92 Å². The zero-order chi connectivity index (χ0) is 20.8. The number of carbonyl (C=O) groups excluding carboxylic acids is 1. The number of carbonyl (C=O) groups is 1. The van der Waals surface area contributed by atoms with Crippen molar-refractivity contribution in [1.82, 2.24) is 19.0 Å². The van der Waals surface area contributed by atoms with E-state index in [-0.39, 0.29) is 29.0 Å². The van der Waals surface area contributed by atoms with Gasteiger partial charge in [-0.2, -0.15) is 0 Å². The van der Waals surface area contributed by atoms with Gasteiger partial charge in [0.15, 0.2) is 5.16 Å². The number of hydrogen-bond donors (Lipinski definition) is 0. The van der Waals surface area contributed by atoms with Crippen molar-refractivity contribution in [2.24, 2.45) is 5.92 Å². The Morgan fingerprint density at radius 1 is 1.20 bits per heavy atom. The zero-order valence-corrected chi connectivity index (χ0v) is 17.9. The van der Waals surface area contributed by atoms with Gasteiger partial charge < -0.3 is 9.47 Å². The molecule has 3 atom stereocenters. The molecule has 3 aliphatic rings. The molecule has 0 aromatic carbocycles. The van der Waals surface area contributed by atoms with Gasteiger partial charge in [-0.25, -0.2) is 4.98 Å². The molecule has 0 radical (unpaired) electrons. The van der Waals surface area contributed by atoms with Gasteiger partial charge in [0, 0.05) is 61.2 Å². The van der Waals surface area contributed by atoms with Gasteiger partial charge in [0.05, 0.1) is 6.04 Å². The van der Waals surface area contributed by atoms with Gasteiger partial charge in [-0.15, -0.1) is 0 Å². The van der Waals surface area contributed by atoms with Crippen molar-refractivity contribution in [2.45, 2.75) is 56.3 Å². The maximum atomic E-state index is 13.2. The minimum atomic E-state index is -0.134. The molecule has 0 saturated carbocycles. The summed E-state index contributed by atoms with van der Waals surface area (Å²) in [6, 6.07) is 6.93. The highest BCUT2D eigenvalue weighted by Gasteiger charge is 2.37. The first kappa shape index (κ1) is 19.6. The Kier molecular flexibility index (Phi) is 5.05. The minimum Gasteiger partial charge on any atom is -0.342 e. The Morgan fingerprint density at radius 3 is 2.90 bits per heavy atom. The number of hydrogen-bond acceptors (Lipinski definition) is 5. The molecule has 3 unspecified atom stereocenters. The zero-order valence-electron chi connectivity index (χ0n) is 17.1. The Bertz CT molecular complexity index is 1110. The van der Waals surface area contributed by atoms with E-state index in [9.17, 15) is 14.4 Å². The molecular weight excluding hydrogens is 400 g/mol. The summed E-state index contributed by atoms with van der Waals surface area (Å²) >= 11 is 1.57. The molecule has 3 aliphatic heterocycles. The molecule has 2 aromatic heterocycles. The van der Waals surface area contributed by atoms with E-state index in [2.05, 4.69) is 11.9 Å². The highest BCUT2D eigenvalue weighted by molar-refractivity contribution is 7.99. The van der Waals surface area contributed by atoms with Crippen LogP contribution in [-0.4, -0.2) is 43.8 Å². The summed E-state index contributed by atoms with van der Waals surface area (Å²) in [5.74, 6) is 1.33. The van der Waals surface area contributed by atoms with Gasteiger partial charge in [-0.3, -0.25) is 19.0 Å². The van der Waals surface area contributed by atoms with E-state index in [0.29, 0.717) is 37.7 Å². The van der Waals surface area contributed by atoms with Crippen molar-refractivity contribution in [1.29, 1.82) is 0 Å². The predicted octanol–water partition coefficient (Wildman–Crippen LogP) is 2.04. The van der Waals surface area contributed by atoms with E-state index in [4.69, 9.17) is 0 Å². The molecule has 30 heavy (non-hydrogen) atoms. The minimum absolute atomic E-state index is 0.0462. The van der Waals surface area contributed by atoms with E-state index >= 15 is 0 Å². The van der Waals surface area contributed by atoms with Crippen molar-refractivity contribution < 1.29 is 4.79 Å². The van der Waals surface area contributed by atoms with Gasteiger partial charge in [-0.05, 0) is 24.8 Å². The standard InChI is InChI=1S/C22H26N4O3S/c1-2-4-16-8-21(29)26-17(13-30-22(26)23-16)9-20(28)24-10-14-7-15(12-24)18-5-3-6-19(27)25(18)11-14/h3,5-6,8,14-15,17H,2,4,7,9-13H2,1H3. The topological polar surface area (TPSA) is 77.2 Å². The van der Waals surface area contributed by atoms with Crippen molar-refractivity contribution >= 4 is 17.7 Å². The number of pyridine rings is 1. The monoisotopic (exact) mass is 426 g/mol. The quantitative estimate of drug-likeness (QED) is 0.700. The van der Waals surface area contributed by atoms with E-state index in [1.807, 2.05) is 21.6 Å². The number of piperidine rings is 1. The molecular formula is C22H26N4O3S. The summed E-state index contributed by atoms with van der Waals surface area (Å²) in [4.78, 5) is 44.6. The maximum Gasteiger partial charge on any atom is 0.254 e. The van der Waals surface area contributed by atoms with Crippen LogP contribution in [0.15, 0.2) is 39.0 Å². The van der Waals surface area contributed by atoms with Gasteiger partial charge in [0.2, 0.25) is 5.91 Å². The van der Waals surface area contributed by atoms with Gasteiger partial charge >= 0.3 is 0 Å². The second-order valence-corrected chi connectivity index (χ2v) is 9.64. The average Bonchev–Trinajstić information content (AvgIpc) is 3.12.